The first-order valence-corrected chi connectivity index (χ1v) is 7.99. The Morgan fingerprint density at radius 3 is 2.32 bits per heavy atom. The normalized spacial score (nSPS) is 21.0. The number of nitrogens with zero attached hydrogens (tertiary/aromatic N) is 1. The fraction of sp³-hybridized carbons (Fsp3) is 1.00. The summed E-state index contributed by atoms with van der Waals surface area (Å²) < 4.78 is 37.8. The van der Waals surface area contributed by atoms with Crippen LogP contribution in [0.4, 0.5) is 13.2 Å². The summed E-state index contributed by atoms with van der Waals surface area (Å²) in [7, 11) is 0. The van der Waals surface area contributed by atoms with E-state index in [0.29, 0.717) is 19.0 Å². The van der Waals surface area contributed by atoms with Crippen LogP contribution < -0.4 is 0 Å². The Bertz CT molecular complexity index is 263. The molecule has 6 heteroatoms. The maximum absolute atomic E-state index is 12.6. The van der Waals surface area contributed by atoms with Gasteiger partial charge in [-0.05, 0) is 43.2 Å². The molecule has 1 aliphatic rings. The lowest BCUT2D eigenvalue weighted by atomic mass is 9.91. The topological polar surface area (TPSA) is 23.5 Å². The second-order valence-corrected chi connectivity index (χ2v) is 6.84. The molecule has 0 aromatic heterocycles. The second kappa shape index (κ2) is 7.18. The molecular formula is C13H24F3NOS. The van der Waals surface area contributed by atoms with Crippen LogP contribution in [0, 0.1) is 5.92 Å². The molecule has 0 radical (unpaired) electrons. The molecule has 2 nitrogen and oxygen atoms in total. The monoisotopic (exact) mass is 299 g/mol. The number of rotatable bonds is 6. The van der Waals surface area contributed by atoms with Gasteiger partial charge in [0, 0.05) is 13.1 Å². The Hall–Kier alpha value is 0.0600. The maximum Gasteiger partial charge on any atom is 0.417 e. The minimum absolute atomic E-state index is 0.199. The van der Waals surface area contributed by atoms with Crippen LogP contribution >= 0.6 is 11.8 Å². The van der Waals surface area contributed by atoms with Crippen LogP contribution in [0.15, 0.2) is 0 Å². The zero-order chi connectivity index (χ0) is 14.5. The zero-order valence-electron chi connectivity index (χ0n) is 11.7. The van der Waals surface area contributed by atoms with Crippen molar-refractivity contribution in [3.63, 3.8) is 0 Å². The smallest absolute Gasteiger partial charge is 0.380 e. The molecule has 0 unspecified atom stereocenters. The van der Waals surface area contributed by atoms with Gasteiger partial charge in [0.05, 0.1) is 0 Å². The summed E-state index contributed by atoms with van der Waals surface area (Å²) in [6.07, 6.45) is -3.89. The van der Waals surface area contributed by atoms with E-state index in [1.165, 1.54) is 0 Å². The molecule has 1 heterocycles. The molecule has 0 aliphatic carbocycles. The van der Waals surface area contributed by atoms with Crippen LogP contribution in [0.1, 0.15) is 33.1 Å². The third-order valence-electron chi connectivity index (χ3n) is 3.43. The summed E-state index contributed by atoms with van der Waals surface area (Å²) in [5.74, 6) is 2.87. The predicted octanol–water partition coefficient (Wildman–Crippen LogP) is 3.15. The summed E-state index contributed by atoms with van der Waals surface area (Å²) >= 11 is 1.90. The second-order valence-electron chi connectivity index (χ2n) is 5.69. The molecule has 0 aromatic carbocycles. The van der Waals surface area contributed by atoms with Crippen LogP contribution in [0.5, 0.6) is 0 Å². The molecule has 1 saturated heterocycles. The van der Waals surface area contributed by atoms with Gasteiger partial charge in [0.15, 0.2) is 5.60 Å². The highest BCUT2D eigenvalue weighted by Crippen LogP contribution is 2.38. The number of aliphatic hydroxyl groups is 1. The molecule has 1 aliphatic heterocycles. The van der Waals surface area contributed by atoms with E-state index in [2.05, 4.69) is 13.8 Å². The molecule has 19 heavy (non-hydrogen) atoms. The lowest BCUT2D eigenvalue weighted by Gasteiger charge is -2.39. The lowest BCUT2D eigenvalue weighted by Crippen LogP contribution is -2.53. The number of thioether (sulfide) groups is 1. The van der Waals surface area contributed by atoms with Crippen LogP contribution in [0.25, 0.3) is 0 Å². The van der Waals surface area contributed by atoms with E-state index in [1.807, 2.05) is 16.7 Å². The quantitative estimate of drug-likeness (QED) is 0.762. The van der Waals surface area contributed by atoms with E-state index in [1.54, 1.807) is 0 Å². The van der Waals surface area contributed by atoms with E-state index in [9.17, 15) is 18.3 Å². The fourth-order valence-corrected chi connectivity index (χ4v) is 3.11. The van der Waals surface area contributed by atoms with Gasteiger partial charge in [0.2, 0.25) is 0 Å². The van der Waals surface area contributed by atoms with Crippen LogP contribution in [-0.2, 0) is 0 Å². The average molecular weight is 299 g/mol. The van der Waals surface area contributed by atoms with Crippen molar-refractivity contribution < 1.29 is 18.3 Å². The Morgan fingerprint density at radius 1 is 1.26 bits per heavy atom. The van der Waals surface area contributed by atoms with Crippen molar-refractivity contribution in [1.29, 1.82) is 0 Å². The molecule has 1 rings (SSSR count). The highest BCUT2D eigenvalue weighted by atomic mass is 32.2. The van der Waals surface area contributed by atoms with Gasteiger partial charge in [-0.1, -0.05) is 13.8 Å². The van der Waals surface area contributed by atoms with Gasteiger partial charge >= 0.3 is 6.18 Å². The van der Waals surface area contributed by atoms with E-state index in [0.717, 1.165) is 24.5 Å². The highest BCUT2D eigenvalue weighted by molar-refractivity contribution is 7.99. The minimum Gasteiger partial charge on any atom is -0.380 e. The van der Waals surface area contributed by atoms with E-state index in [4.69, 9.17) is 0 Å². The number of alkyl halides is 3. The lowest BCUT2D eigenvalue weighted by molar-refractivity contribution is -0.272. The highest BCUT2D eigenvalue weighted by Gasteiger charge is 2.54. The summed E-state index contributed by atoms with van der Waals surface area (Å²) in [4.78, 5) is 2.02. The molecule has 1 N–H and O–H groups in total. The van der Waals surface area contributed by atoms with E-state index < -0.39 is 11.8 Å². The first kappa shape index (κ1) is 17.1. The fourth-order valence-electron chi connectivity index (χ4n) is 2.14. The number of piperidine rings is 1. The molecule has 0 aromatic rings. The number of hydrogen-bond acceptors (Lipinski definition) is 3. The third-order valence-corrected chi connectivity index (χ3v) is 4.90. The SMILES string of the molecule is CC(C)CSCCCN1CCC(O)(C(F)(F)F)CC1. The van der Waals surface area contributed by atoms with Gasteiger partial charge in [-0.2, -0.15) is 24.9 Å². The van der Waals surface area contributed by atoms with E-state index >= 15 is 0 Å². The first-order valence-electron chi connectivity index (χ1n) is 6.84. The van der Waals surface area contributed by atoms with Gasteiger partial charge in [-0.15, -0.1) is 0 Å². The molecule has 0 amide bonds. The molecule has 0 atom stereocenters. The summed E-state index contributed by atoms with van der Waals surface area (Å²) in [6, 6.07) is 0. The van der Waals surface area contributed by atoms with Crippen LogP contribution in [0.3, 0.4) is 0 Å². The molecule has 0 bridgehead atoms. The summed E-state index contributed by atoms with van der Waals surface area (Å²) in [6.45, 7) is 5.86. The zero-order valence-corrected chi connectivity index (χ0v) is 12.5. The van der Waals surface area contributed by atoms with Crippen molar-refractivity contribution in [2.24, 2.45) is 5.92 Å². The third kappa shape index (κ3) is 5.52. The number of likely N-dealkylation sites (tertiary alicyclic amines) is 1. The van der Waals surface area contributed by atoms with Crippen LogP contribution in [0.2, 0.25) is 0 Å². The Morgan fingerprint density at radius 2 is 1.84 bits per heavy atom. The summed E-state index contributed by atoms with van der Waals surface area (Å²) in [5.41, 5.74) is -2.46. The van der Waals surface area contributed by atoms with Crippen molar-refractivity contribution in [2.45, 2.75) is 44.9 Å². The summed E-state index contributed by atoms with van der Waals surface area (Å²) in [5, 5.41) is 9.54. The van der Waals surface area contributed by atoms with Crippen molar-refractivity contribution in [1.82, 2.24) is 4.90 Å². The largest absolute Gasteiger partial charge is 0.417 e. The van der Waals surface area contributed by atoms with Gasteiger partial charge in [-0.25, -0.2) is 0 Å². The van der Waals surface area contributed by atoms with Gasteiger partial charge in [0.25, 0.3) is 0 Å². The van der Waals surface area contributed by atoms with Gasteiger partial charge < -0.3 is 10.0 Å². The van der Waals surface area contributed by atoms with Crippen molar-refractivity contribution >= 4 is 11.8 Å². The molecule has 0 saturated carbocycles. The Balaban J connectivity index is 2.17. The van der Waals surface area contributed by atoms with Crippen molar-refractivity contribution in [2.75, 3.05) is 31.1 Å². The molecule has 0 spiro atoms. The minimum atomic E-state index is -4.49. The average Bonchev–Trinajstić information content (AvgIpc) is 2.29. The predicted molar refractivity (Wildman–Crippen MR) is 73.5 cm³/mol. The van der Waals surface area contributed by atoms with Gasteiger partial charge in [-0.3, -0.25) is 0 Å². The molecular weight excluding hydrogens is 275 g/mol. The number of halogens is 3. The van der Waals surface area contributed by atoms with Gasteiger partial charge in [0.1, 0.15) is 0 Å². The van der Waals surface area contributed by atoms with Crippen LogP contribution in [-0.4, -0.2) is 52.9 Å². The maximum atomic E-state index is 12.6. The van der Waals surface area contributed by atoms with E-state index in [-0.39, 0.29) is 12.8 Å². The molecule has 1 fully saturated rings. The van der Waals surface area contributed by atoms with Crippen molar-refractivity contribution in [3.05, 3.63) is 0 Å². The number of hydrogen-bond donors (Lipinski definition) is 1. The molecule has 114 valence electrons. The Kier molecular flexibility index (Phi) is 6.47. The standard InChI is InChI=1S/C13H24F3NOS/c1-11(2)10-19-9-3-6-17-7-4-12(18,5-8-17)13(14,15)16/h11,18H,3-10H2,1-2H3. The Labute approximate surface area is 117 Å². The van der Waals surface area contributed by atoms with Crippen molar-refractivity contribution in [3.8, 4) is 0 Å². The first-order chi connectivity index (χ1) is 8.74.